The zero-order valence-electron chi connectivity index (χ0n) is 22.8. The fourth-order valence-electron chi connectivity index (χ4n) is 4.64. The summed E-state index contributed by atoms with van der Waals surface area (Å²) >= 11 is 0. The number of unbranched alkanes of at least 4 members (excludes halogenated alkanes) is 14. The van der Waals surface area contributed by atoms with Gasteiger partial charge in [-0.1, -0.05) is 156 Å². The third kappa shape index (κ3) is 13.0. The molecule has 0 saturated heterocycles. The summed E-state index contributed by atoms with van der Waals surface area (Å²) < 4.78 is 5.98. The van der Waals surface area contributed by atoms with Crippen LogP contribution in [0.2, 0.25) is 0 Å². The van der Waals surface area contributed by atoms with Crippen LogP contribution in [0, 0.1) is 13.8 Å². The number of carbonyl (C=O) groups is 1. The van der Waals surface area contributed by atoms with Crippen molar-refractivity contribution in [3.05, 3.63) is 70.8 Å². The van der Waals surface area contributed by atoms with Crippen molar-refractivity contribution < 1.29 is 9.53 Å². The largest absolute Gasteiger partial charge is 0.453 e. The Morgan fingerprint density at radius 3 is 1.29 bits per heavy atom. The maximum atomic E-state index is 12.6. The van der Waals surface area contributed by atoms with Crippen LogP contribution in [0.5, 0.6) is 0 Å². The van der Waals surface area contributed by atoms with E-state index < -0.39 is 0 Å². The molecular formula is C33H50O2. The lowest BCUT2D eigenvalue weighted by Crippen LogP contribution is -2.12. The fraction of sp³-hybridized carbons (Fsp3) is 0.606. The molecule has 0 bridgehead atoms. The van der Waals surface area contributed by atoms with Gasteiger partial charge in [0.25, 0.3) is 0 Å². The summed E-state index contributed by atoms with van der Waals surface area (Å²) in [5, 5.41) is 0. The molecule has 0 unspecified atom stereocenters. The first kappa shape index (κ1) is 29.1. The monoisotopic (exact) mass is 478 g/mol. The van der Waals surface area contributed by atoms with Crippen LogP contribution in [-0.2, 0) is 9.53 Å². The van der Waals surface area contributed by atoms with Crippen LogP contribution in [0.4, 0.5) is 0 Å². The van der Waals surface area contributed by atoms with Crippen molar-refractivity contribution in [3.63, 3.8) is 0 Å². The van der Waals surface area contributed by atoms with Crippen molar-refractivity contribution in [1.29, 1.82) is 0 Å². The Morgan fingerprint density at radius 1 is 0.571 bits per heavy atom. The van der Waals surface area contributed by atoms with E-state index in [0.29, 0.717) is 6.42 Å². The molecule has 0 aliphatic carbocycles. The smallest absolute Gasteiger partial charge is 0.306 e. The van der Waals surface area contributed by atoms with Crippen molar-refractivity contribution in [3.8, 4) is 0 Å². The van der Waals surface area contributed by atoms with Crippen LogP contribution in [0.25, 0.3) is 0 Å². The number of ether oxygens (including phenoxy) is 1. The second kappa shape index (κ2) is 18.2. The van der Waals surface area contributed by atoms with E-state index in [9.17, 15) is 4.79 Å². The van der Waals surface area contributed by atoms with Gasteiger partial charge in [-0.05, 0) is 31.4 Å². The maximum Gasteiger partial charge on any atom is 0.306 e. The zero-order valence-corrected chi connectivity index (χ0v) is 22.8. The Hall–Kier alpha value is -2.09. The number of esters is 1. The van der Waals surface area contributed by atoms with Gasteiger partial charge in [0.05, 0.1) is 0 Å². The van der Waals surface area contributed by atoms with Gasteiger partial charge in [-0.2, -0.15) is 0 Å². The highest BCUT2D eigenvalue weighted by Crippen LogP contribution is 2.27. The Balaban J connectivity index is 1.57. The predicted octanol–water partition coefficient (Wildman–Crippen LogP) is 10.2. The normalized spacial score (nSPS) is 11.2. The van der Waals surface area contributed by atoms with Gasteiger partial charge in [0.1, 0.15) is 0 Å². The molecule has 2 nitrogen and oxygen atoms in total. The molecule has 0 fully saturated rings. The van der Waals surface area contributed by atoms with Crippen LogP contribution in [-0.4, -0.2) is 5.97 Å². The standard InChI is InChI=1S/C33H50O2/c1-4-5-6-7-8-9-10-11-12-13-14-15-16-17-18-19-32(34)35-33(30-24-20-28(2)21-25-30)31-26-22-29(3)23-27-31/h20-27,33H,4-19H2,1-3H3. The summed E-state index contributed by atoms with van der Waals surface area (Å²) in [7, 11) is 0. The first-order chi connectivity index (χ1) is 17.1. The second-order valence-corrected chi connectivity index (χ2v) is 10.4. The minimum absolute atomic E-state index is 0.0918. The van der Waals surface area contributed by atoms with Crippen molar-refractivity contribution in [2.75, 3.05) is 0 Å². The van der Waals surface area contributed by atoms with E-state index in [1.54, 1.807) is 0 Å². The molecule has 0 atom stereocenters. The molecule has 0 radical (unpaired) electrons. The van der Waals surface area contributed by atoms with Gasteiger partial charge in [0.2, 0.25) is 0 Å². The van der Waals surface area contributed by atoms with Crippen LogP contribution < -0.4 is 0 Å². The number of carbonyl (C=O) groups excluding carboxylic acids is 1. The highest BCUT2D eigenvalue weighted by molar-refractivity contribution is 5.70. The van der Waals surface area contributed by atoms with Gasteiger partial charge < -0.3 is 4.74 Å². The van der Waals surface area contributed by atoms with Crippen molar-refractivity contribution in [2.24, 2.45) is 0 Å². The third-order valence-electron chi connectivity index (χ3n) is 6.99. The molecule has 0 aliphatic rings. The van der Waals surface area contributed by atoms with Gasteiger partial charge in [-0.25, -0.2) is 0 Å². The number of aryl methyl sites for hydroxylation is 2. The average molecular weight is 479 g/mol. The molecule has 0 heterocycles. The van der Waals surface area contributed by atoms with Gasteiger partial charge in [-0.3, -0.25) is 4.79 Å². The molecule has 35 heavy (non-hydrogen) atoms. The molecule has 0 aliphatic heterocycles. The lowest BCUT2D eigenvalue weighted by Gasteiger charge is -2.19. The third-order valence-corrected chi connectivity index (χ3v) is 6.99. The van der Waals surface area contributed by atoms with E-state index in [-0.39, 0.29) is 12.1 Å². The molecule has 2 aromatic rings. The van der Waals surface area contributed by atoms with Gasteiger partial charge in [0.15, 0.2) is 6.10 Å². The highest BCUT2D eigenvalue weighted by Gasteiger charge is 2.19. The van der Waals surface area contributed by atoms with E-state index in [1.807, 2.05) is 0 Å². The van der Waals surface area contributed by atoms with Crippen molar-refractivity contribution in [2.45, 2.75) is 130 Å². The average Bonchev–Trinajstić information content (AvgIpc) is 2.86. The van der Waals surface area contributed by atoms with Crippen LogP contribution >= 0.6 is 0 Å². The lowest BCUT2D eigenvalue weighted by atomic mass is 9.99. The molecule has 2 heteroatoms. The van der Waals surface area contributed by atoms with Gasteiger partial charge in [0, 0.05) is 6.42 Å². The number of hydrogen-bond acceptors (Lipinski definition) is 2. The zero-order chi connectivity index (χ0) is 25.1. The molecular weight excluding hydrogens is 428 g/mol. The van der Waals surface area contributed by atoms with E-state index in [2.05, 4.69) is 69.3 Å². The molecule has 0 aromatic heterocycles. The Kier molecular flexibility index (Phi) is 15.2. The van der Waals surface area contributed by atoms with Crippen molar-refractivity contribution in [1.82, 2.24) is 0 Å². The van der Waals surface area contributed by atoms with Gasteiger partial charge in [-0.15, -0.1) is 0 Å². The lowest BCUT2D eigenvalue weighted by molar-refractivity contribution is -0.147. The van der Waals surface area contributed by atoms with Crippen LogP contribution in [0.3, 0.4) is 0 Å². The minimum atomic E-state index is -0.333. The fourth-order valence-corrected chi connectivity index (χ4v) is 4.64. The second-order valence-electron chi connectivity index (χ2n) is 10.4. The summed E-state index contributed by atoms with van der Waals surface area (Å²) in [5.74, 6) is -0.0918. The van der Waals surface area contributed by atoms with E-state index in [1.165, 1.54) is 94.6 Å². The van der Waals surface area contributed by atoms with Crippen LogP contribution in [0.1, 0.15) is 138 Å². The first-order valence-corrected chi connectivity index (χ1v) is 14.4. The Bertz CT molecular complexity index is 745. The molecule has 2 rings (SSSR count). The molecule has 0 spiro atoms. The van der Waals surface area contributed by atoms with Gasteiger partial charge >= 0.3 is 5.97 Å². The number of rotatable bonds is 19. The summed E-state index contributed by atoms with van der Waals surface area (Å²) in [5.41, 5.74) is 4.48. The number of benzene rings is 2. The summed E-state index contributed by atoms with van der Waals surface area (Å²) in [6.45, 7) is 6.43. The molecule has 0 amide bonds. The molecule has 0 saturated carbocycles. The SMILES string of the molecule is CCCCCCCCCCCCCCCCCC(=O)OC(c1ccc(C)cc1)c1ccc(C)cc1. The molecule has 2 aromatic carbocycles. The minimum Gasteiger partial charge on any atom is -0.453 e. The maximum absolute atomic E-state index is 12.6. The van der Waals surface area contributed by atoms with E-state index in [0.717, 1.165) is 24.0 Å². The predicted molar refractivity (Wildman–Crippen MR) is 150 cm³/mol. The van der Waals surface area contributed by atoms with Crippen LogP contribution in [0.15, 0.2) is 48.5 Å². The van der Waals surface area contributed by atoms with Crippen molar-refractivity contribution >= 4 is 5.97 Å². The summed E-state index contributed by atoms with van der Waals surface area (Å²) in [4.78, 5) is 12.6. The molecule has 194 valence electrons. The summed E-state index contributed by atoms with van der Waals surface area (Å²) in [6.07, 6.45) is 20.1. The van der Waals surface area contributed by atoms with E-state index >= 15 is 0 Å². The first-order valence-electron chi connectivity index (χ1n) is 14.4. The number of hydrogen-bond donors (Lipinski definition) is 0. The summed E-state index contributed by atoms with van der Waals surface area (Å²) in [6, 6.07) is 16.6. The van der Waals surface area contributed by atoms with E-state index in [4.69, 9.17) is 4.74 Å². The Labute approximate surface area is 215 Å². The highest BCUT2D eigenvalue weighted by atomic mass is 16.5. The quantitative estimate of drug-likeness (QED) is 0.148. The molecule has 0 N–H and O–H groups in total. The Morgan fingerprint density at radius 2 is 0.914 bits per heavy atom. The topological polar surface area (TPSA) is 26.3 Å².